The van der Waals surface area contributed by atoms with Crippen molar-refractivity contribution < 1.29 is 0 Å². The van der Waals surface area contributed by atoms with Crippen molar-refractivity contribution in [1.29, 1.82) is 0 Å². The summed E-state index contributed by atoms with van der Waals surface area (Å²) in [5.74, 6) is 0.450. The van der Waals surface area contributed by atoms with Gasteiger partial charge in [0, 0.05) is 12.6 Å². The van der Waals surface area contributed by atoms with Crippen molar-refractivity contribution in [2.45, 2.75) is 0 Å². The van der Waals surface area contributed by atoms with Gasteiger partial charge in [-0.05, 0) is 5.22 Å². The van der Waals surface area contributed by atoms with Crippen LogP contribution in [-0.4, -0.2) is 25.4 Å². The Morgan fingerprint density at radius 3 is 3.09 bits per heavy atom. The molecule has 5 heteroatoms. The van der Waals surface area contributed by atoms with Crippen LogP contribution < -0.4 is 0 Å². The number of rotatable bonds is 1. The van der Waals surface area contributed by atoms with Gasteiger partial charge in [0.25, 0.3) is 0 Å². The average Bonchev–Trinajstić information content (AvgIpc) is 2.03. The first kappa shape index (κ1) is 7.46. The summed E-state index contributed by atoms with van der Waals surface area (Å²) in [7, 11) is 1.63. The molecule has 0 fully saturated rings. The van der Waals surface area contributed by atoms with Gasteiger partial charge in [-0.15, -0.1) is 10.2 Å². The normalized spacial score (nSPS) is 20.5. The van der Waals surface area contributed by atoms with Crippen LogP contribution in [0, 0.1) is 0 Å². The number of hydrogen-bond acceptors (Lipinski definition) is 3. The summed E-state index contributed by atoms with van der Waals surface area (Å²) in [4.78, 5) is 7.52. The van der Waals surface area contributed by atoms with E-state index in [-0.39, 0.29) is 0 Å². The topological polar surface area (TPSA) is 61.8 Å². The Labute approximate surface area is 64.0 Å². The van der Waals surface area contributed by atoms with E-state index in [1.165, 1.54) is 12.6 Å². The van der Waals surface area contributed by atoms with Crippen molar-refractivity contribution in [3.63, 3.8) is 0 Å². The third-order valence-electron chi connectivity index (χ3n) is 0.987. The minimum absolute atomic E-state index is 0.450. The highest BCUT2D eigenvalue weighted by Gasteiger charge is 2.02. The predicted molar refractivity (Wildman–Crippen MR) is 44.3 cm³/mol. The standard InChI is InChI=1S/C6H7N5/c1-5-3-9-11-10-6(5)8-4-7-2/h3-4H,1H2,2H3. The fourth-order valence-electron chi connectivity index (χ4n) is 0.507. The van der Waals surface area contributed by atoms with Crippen LogP contribution in [0.1, 0.15) is 0 Å². The minimum Gasteiger partial charge on any atom is -0.277 e. The first-order chi connectivity index (χ1) is 5.34. The zero-order valence-corrected chi connectivity index (χ0v) is 6.10. The van der Waals surface area contributed by atoms with Crippen molar-refractivity contribution in [3.8, 4) is 0 Å². The van der Waals surface area contributed by atoms with E-state index >= 15 is 0 Å². The highest BCUT2D eigenvalue weighted by Crippen LogP contribution is 2.00. The van der Waals surface area contributed by atoms with Crippen LogP contribution in [0.2, 0.25) is 0 Å². The van der Waals surface area contributed by atoms with Crippen molar-refractivity contribution >= 4 is 18.4 Å². The highest BCUT2D eigenvalue weighted by atomic mass is 15.4. The lowest BCUT2D eigenvalue weighted by molar-refractivity contribution is 1.07. The quantitative estimate of drug-likeness (QED) is 0.395. The molecule has 0 aromatic rings. The van der Waals surface area contributed by atoms with Gasteiger partial charge in [0.1, 0.15) is 6.34 Å². The molecular formula is C6H7N5. The maximum Gasteiger partial charge on any atom is 0.186 e. The number of nitrogens with zero attached hydrogens (tertiary/aromatic N) is 5. The molecule has 5 nitrogen and oxygen atoms in total. The van der Waals surface area contributed by atoms with Crippen molar-refractivity contribution in [2.75, 3.05) is 7.05 Å². The first-order valence-corrected chi connectivity index (χ1v) is 2.96. The summed E-state index contributed by atoms with van der Waals surface area (Å²) in [6.45, 7) is 3.65. The molecule has 0 bridgehead atoms. The summed E-state index contributed by atoms with van der Waals surface area (Å²) in [5, 5.41) is 10.6. The lowest BCUT2D eigenvalue weighted by Crippen LogP contribution is -2.01. The molecule has 0 atom stereocenters. The summed E-state index contributed by atoms with van der Waals surface area (Å²) in [5.41, 5.74) is 0.639. The van der Waals surface area contributed by atoms with Gasteiger partial charge in [-0.3, -0.25) is 4.99 Å². The van der Waals surface area contributed by atoms with Gasteiger partial charge in [-0.25, -0.2) is 4.99 Å². The van der Waals surface area contributed by atoms with Gasteiger partial charge >= 0.3 is 0 Å². The highest BCUT2D eigenvalue weighted by molar-refractivity contribution is 6.17. The summed E-state index contributed by atoms with van der Waals surface area (Å²) < 4.78 is 0. The van der Waals surface area contributed by atoms with Crippen LogP contribution in [0.4, 0.5) is 0 Å². The molecule has 1 heterocycles. The van der Waals surface area contributed by atoms with Crippen LogP contribution in [-0.2, 0) is 0 Å². The van der Waals surface area contributed by atoms with E-state index in [9.17, 15) is 0 Å². The van der Waals surface area contributed by atoms with Gasteiger partial charge in [0.05, 0.1) is 6.21 Å². The van der Waals surface area contributed by atoms with Gasteiger partial charge in [-0.1, -0.05) is 6.58 Å². The molecule has 0 saturated carbocycles. The van der Waals surface area contributed by atoms with Crippen LogP contribution in [0.3, 0.4) is 0 Å². The van der Waals surface area contributed by atoms with E-state index in [1.807, 2.05) is 0 Å². The minimum atomic E-state index is 0.450. The summed E-state index contributed by atoms with van der Waals surface area (Å²) >= 11 is 0. The zero-order valence-electron chi connectivity index (χ0n) is 6.10. The molecule has 0 aliphatic carbocycles. The molecule has 0 amide bonds. The zero-order chi connectivity index (χ0) is 8.10. The van der Waals surface area contributed by atoms with Gasteiger partial charge in [0.15, 0.2) is 5.84 Å². The average molecular weight is 149 g/mol. The molecule has 1 rings (SSSR count). The number of hydrogen-bond donors (Lipinski definition) is 0. The second-order valence-electron chi connectivity index (χ2n) is 1.79. The van der Waals surface area contributed by atoms with Crippen LogP contribution in [0.5, 0.6) is 0 Å². The maximum atomic E-state index is 3.86. The Kier molecular flexibility index (Phi) is 2.37. The van der Waals surface area contributed by atoms with Crippen LogP contribution in [0.25, 0.3) is 0 Å². The number of amidine groups is 1. The second-order valence-corrected chi connectivity index (χ2v) is 1.79. The maximum absolute atomic E-state index is 3.86. The van der Waals surface area contributed by atoms with E-state index in [0.29, 0.717) is 11.4 Å². The molecule has 0 unspecified atom stereocenters. The van der Waals surface area contributed by atoms with Gasteiger partial charge < -0.3 is 0 Å². The Balaban J connectivity index is 2.81. The third-order valence-corrected chi connectivity index (χ3v) is 0.987. The van der Waals surface area contributed by atoms with Crippen molar-refractivity contribution in [3.05, 3.63) is 12.2 Å². The third kappa shape index (κ3) is 1.89. The fraction of sp³-hybridized carbons (Fsp3) is 0.167. The molecule has 1 aliphatic heterocycles. The van der Waals surface area contributed by atoms with Gasteiger partial charge in [0.2, 0.25) is 0 Å². The lowest BCUT2D eigenvalue weighted by Gasteiger charge is -1.97. The van der Waals surface area contributed by atoms with Crippen molar-refractivity contribution in [1.82, 2.24) is 0 Å². The lowest BCUT2D eigenvalue weighted by atomic mass is 10.3. The molecule has 56 valence electrons. The molecule has 0 spiro atoms. The molecule has 0 aromatic carbocycles. The fourth-order valence-corrected chi connectivity index (χ4v) is 0.507. The Morgan fingerprint density at radius 1 is 1.64 bits per heavy atom. The van der Waals surface area contributed by atoms with Crippen LogP contribution in [0.15, 0.2) is 37.6 Å². The van der Waals surface area contributed by atoms with E-state index in [1.54, 1.807) is 7.05 Å². The smallest absolute Gasteiger partial charge is 0.186 e. The van der Waals surface area contributed by atoms with E-state index in [2.05, 4.69) is 32.0 Å². The van der Waals surface area contributed by atoms with E-state index in [4.69, 9.17) is 0 Å². The molecule has 0 N–H and O–H groups in total. The van der Waals surface area contributed by atoms with Gasteiger partial charge in [-0.2, -0.15) is 0 Å². The molecule has 1 aliphatic rings. The summed E-state index contributed by atoms with van der Waals surface area (Å²) in [6, 6.07) is 0. The molecule has 0 aromatic heterocycles. The second kappa shape index (κ2) is 3.50. The Morgan fingerprint density at radius 2 is 2.45 bits per heavy atom. The Bertz CT molecular complexity index is 271. The molecule has 11 heavy (non-hydrogen) atoms. The largest absolute Gasteiger partial charge is 0.277 e. The monoisotopic (exact) mass is 149 g/mol. The van der Waals surface area contributed by atoms with E-state index < -0.39 is 0 Å². The molecule has 0 radical (unpaired) electrons. The first-order valence-electron chi connectivity index (χ1n) is 2.96. The Hall–Kier alpha value is -1.65. The van der Waals surface area contributed by atoms with E-state index in [0.717, 1.165) is 0 Å². The summed E-state index contributed by atoms with van der Waals surface area (Å²) in [6.07, 6.45) is 2.88. The predicted octanol–water partition coefficient (Wildman–Crippen LogP) is 1.05. The molecular weight excluding hydrogens is 142 g/mol. The SMILES string of the molecule is C=C1C=NN=NC1=NC=NC. The van der Waals surface area contributed by atoms with Crippen molar-refractivity contribution in [2.24, 2.45) is 25.4 Å². The van der Waals surface area contributed by atoms with Crippen LogP contribution >= 0.6 is 0 Å². The number of aliphatic imine (C=N–C) groups is 2. The molecule has 0 saturated heterocycles.